The second-order valence-electron chi connectivity index (χ2n) is 20.2. The number of hydrogen-bond donors (Lipinski definition) is 0. The SMILES string of the molecule is CCCCc1ccc(N(c2ccccc2)c2ccc3c(c2)B2c4c(cc5c(c4N3c3cccc4c3oc3ccccc34)-c3ccccc3C5(C)C)-c3cccc4c5cc6ccccc6cc5n2c34)cc1. The molecule has 0 atom stereocenters. The standard InChI is InChI=1S/C65H48BN3O/c1-4-5-17-40-30-32-44(33-31-40)67(43-20-7-6-8-21-43)45-34-35-56-55(38-45)66-61-52(48-25-15-24-47-51-36-41-18-9-10-19-42(41)37-58(51)69(66)62(47)48)39-54-60(50-23-11-13-27-53(50)65(54,2)3)63(61)68(56)57-28-16-26-49-46-22-12-14-29-59(46)70-64(49)57/h6-16,18-39H,4-5,17H2,1-3H3. The molecule has 0 N–H and O–H groups in total. The van der Waals surface area contributed by atoms with Crippen molar-refractivity contribution < 1.29 is 4.42 Å². The number of unbranched alkanes of at least 4 members (excludes halogenated alkanes) is 1. The first-order chi connectivity index (χ1) is 34.5. The lowest BCUT2D eigenvalue weighted by Crippen LogP contribution is -2.57. The molecule has 10 aromatic carbocycles. The van der Waals surface area contributed by atoms with Gasteiger partial charge >= 0.3 is 6.85 Å². The van der Waals surface area contributed by atoms with Crippen LogP contribution in [0.2, 0.25) is 0 Å². The van der Waals surface area contributed by atoms with E-state index in [1.54, 1.807) is 0 Å². The van der Waals surface area contributed by atoms with Crippen molar-refractivity contribution in [2.75, 3.05) is 9.80 Å². The van der Waals surface area contributed by atoms with Gasteiger partial charge < -0.3 is 18.7 Å². The molecule has 2 aromatic heterocycles. The van der Waals surface area contributed by atoms with Crippen LogP contribution in [0, 0.1) is 0 Å². The Morgan fingerprint density at radius 1 is 0.543 bits per heavy atom. The third-order valence-corrected chi connectivity index (χ3v) is 16.1. The molecule has 2 aliphatic heterocycles. The molecule has 0 unspecified atom stereocenters. The second-order valence-corrected chi connectivity index (χ2v) is 20.2. The smallest absolute Gasteiger partial charge is 0.333 e. The molecule has 4 nitrogen and oxygen atoms in total. The molecule has 0 saturated heterocycles. The number of furan rings is 1. The summed E-state index contributed by atoms with van der Waals surface area (Å²) in [5.41, 5.74) is 22.7. The average molecular weight is 898 g/mol. The van der Waals surface area contributed by atoms with Crippen LogP contribution in [0.5, 0.6) is 0 Å². The van der Waals surface area contributed by atoms with Crippen LogP contribution in [0.25, 0.3) is 76.8 Å². The highest BCUT2D eigenvalue weighted by atomic mass is 16.3. The maximum Gasteiger partial charge on any atom is 0.333 e. The lowest BCUT2D eigenvalue weighted by molar-refractivity contribution is 0.660. The quantitative estimate of drug-likeness (QED) is 0.149. The molecule has 1 aliphatic carbocycles. The van der Waals surface area contributed by atoms with Gasteiger partial charge in [0.05, 0.1) is 11.4 Å². The van der Waals surface area contributed by atoms with E-state index in [4.69, 9.17) is 4.42 Å². The number of hydrogen-bond acceptors (Lipinski definition) is 3. The highest BCUT2D eigenvalue weighted by Gasteiger charge is 2.48. The molecule has 0 spiro atoms. The van der Waals surface area contributed by atoms with E-state index in [1.165, 1.54) is 101 Å². The number of benzene rings is 10. The fourth-order valence-electron chi connectivity index (χ4n) is 12.9. The van der Waals surface area contributed by atoms with Crippen molar-refractivity contribution in [3.8, 4) is 22.3 Å². The van der Waals surface area contributed by atoms with E-state index in [0.717, 1.165) is 56.8 Å². The molecule has 332 valence electrons. The topological polar surface area (TPSA) is 24.6 Å². The molecule has 12 aromatic rings. The Hall–Kier alpha value is -8.28. The van der Waals surface area contributed by atoms with Crippen molar-refractivity contribution in [1.82, 2.24) is 4.48 Å². The summed E-state index contributed by atoms with van der Waals surface area (Å²) in [7, 11) is 0. The van der Waals surface area contributed by atoms with Crippen molar-refractivity contribution >= 4 is 106 Å². The summed E-state index contributed by atoms with van der Waals surface area (Å²) in [6.45, 7) is 6.94. The van der Waals surface area contributed by atoms with Gasteiger partial charge in [0.2, 0.25) is 0 Å². The molecular formula is C65H48BN3O. The number of rotatable bonds is 7. The number of para-hydroxylation sites is 4. The predicted molar refractivity (Wildman–Crippen MR) is 296 cm³/mol. The van der Waals surface area contributed by atoms with E-state index in [1.807, 2.05) is 0 Å². The average Bonchev–Trinajstić information content (AvgIpc) is 4.03. The molecule has 0 saturated carbocycles. The van der Waals surface area contributed by atoms with Crippen LogP contribution >= 0.6 is 0 Å². The summed E-state index contributed by atoms with van der Waals surface area (Å²) in [5, 5.41) is 7.30. The zero-order valence-corrected chi connectivity index (χ0v) is 39.5. The normalized spacial score (nSPS) is 13.9. The Kier molecular flexibility index (Phi) is 8.29. The molecule has 0 fully saturated rings. The van der Waals surface area contributed by atoms with Crippen molar-refractivity contribution in [3.05, 3.63) is 217 Å². The largest absolute Gasteiger partial charge is 0.454 e. The highest BCUT2D eigenvalue weighted by molar-refractivity contribution is 6.90. The second kappa shape index (κ2) is 14.6. The summed E-state index contributed by atoms with van der Waals surface area (Å²) >= 11 is 0. The first kappa shape index (κ1) is 39.7. The minimum atomic E-state index is -0.244. The van der Waals surface area contributed by atoms with Gasteiger partial charge in [0.25, 0.3) is 0 Å². The van der Waals surface area contributed by atoms with E-state index in [2.05, 4.69) is 235 Å². The summed E-state index contributed by atoms with van der Waals surface area (Å²) < 4.78 is 9.76. The van der Waals surface area contributed by atoms with E-state index in [0.29, 0.717) is 0 Å². The van der Waals surface area contributed by atoms with Crippen LogP contribution < -0.4 is 20.7 Å². The summed E-state index contributed by atoms with van der Waals surface area (Å²) in [6.07, 6.45) is 3.44. The van der Waals surface area contributed by atoms with E-state index >= 15 is 0 Å². The number of aryl methyl sites for hydroxylation is 1. The Labute approximate surface area is 407 Å². The van der Waals surface area contributed by atoms with Crippen molar-refractivity contribution in [3.63, 3.8) is 0 Å². The molecule has 5 heteroatoms. The van der Waals surface area contributed by atoms with Crippen LogP contribution in [-0.4, -0.2) is 11.3 Å². The molecule has 15 rings (SSSR count). The molecule has 3 aliphatic rings. The zero-order chi connectivity index (χ0) is 46.4. The molecular weight excluding hydrogens is 850 g/mol. The van der Waals surface area contributed by atoms with Crippen LogP contribution in [0.15, 0.2) is 205 Å². The van der Waals surface area contributed by atoms with Crippen LogP contribution in [0.4, 0.5) is 34.1 Å². The van der Waals surface area contributed by atoms with Gasteiger partial charge in [-0.2, -0.15) is 0 Å². The Balaban J connectivity index is 1.10. The minimum absolute atomic E-state index is 0.169. The van der Waals surface area contributed by atoms with Crippen molar-refractivity contribution in [1.29, 1.82) is 0 Å². The van der Waals surface area contributed by atoms with E-state index in [9.17, 15) is 0 Å². The molecule has 0 bridgehead atoms. The predicted octanol–water partition coefficient (Wildman–Crippen LogP) is 16.4. The fraction of sp³-hybridized carbons (Fsp3) is 0.108. The van der Waals surface area contributed by atoms with Crippen LogP contribution in [-0.2, 0) is 11.8 Å². The third kappa shape index (κ3) is 5.38. The Morgan fingerprint density at radius 3 is 2.10 bits per heavy atom. The Morgan fingerprint density at radius 2 is 1.24 bits per heavy atom. The van der Waals surface area contributed by atoms with Crippen molar-refractivity contribution in [2.24, 2.45) is 0 Å². The highest BCUT2D eigenvalue weighted by Crippen LogP contribution is 2.58. The number of aromatic nitrogens is 1. The number of anilines is 6. The number of nitrogens with zero attached hydrogens (tertiary/aromatic N) is 3. The Bertz CT molecular complexity index is 4160. The van der Waals surface area contributed by atoms with Gasteiger partial charge in [-0.3, -0.25) is 0 Å². The maximum absolute atomic E-state index is 7.04. The van der Waals surface area contributed by atoms with Gasteiger partial charge in [0.1, 0.15) is 5.58 Å². The fourth-order valence-corrected chi connectivity index (χ4v) is 12.9. The summed E-state index contributed by atoms with van der Waals surface area (Å²) in [5.74, 6) is 0. The van der Waals surface area contributed by atoms with Crippen molar-refractivity contribution in [2.45, 2.75) is 45.4 Å². The maximum atomic E-state index is 7.04. The first-order valence-corrected chi connectivity index (χ1v) is 25.0. The molecule has 0 amide bonds. The van der Waals surface area contributed by atoms with Gasteiger partial charge in [-0.25, -0.2) is 0 Å². The molecule has 4 heterocycles. The molecule has 70 heavy (non-hydrogen) atoms. The van der Waals surface area contributed by atoms with Gasteiger partial charge in [0, 0.05) is 71.9 Å². The van der Waals surface area contributed by atoms with Crippen LogP contribution in [0.1, 0.15) is 50.3 Å². The van der Waals surface area contributed by atoms with Gasteiger partial charge in [-0.05, 0) is 135 Å². The first-order valence-electron chi connectivity index (χ1n) is 25.0. The van der Waals surface area contributed by atoms with Crippen LogP contribution in [0.3, 0.4) is 0 Å². The summed E-state index contributed by atoms with van der Waals surface area (Å²) in [6, 6.07) is 75.1. The lowest BCUT2D eigenvalue weighted by atomic mass is 9.44. The summed E-state index contributed by atoms with van der Waals surface area (Å²) in [4.78, 5) is 5.04. The zero-order valence-electron chi connectivity index (χ0n) is 39.5. The monoisotopic (exact) mass is 897 g/mol. The molecule has 0 radical (unpaired) electrons. The number of fused-ring (bicyclic) bond motifs is 15. The van der Waals surface area contributed by atoms with E-state index in [-0.39, 0.29) is 12.3 Å². The van der Waals surface area contributed by atoms with Gasteiger partial charge in [0.15, 0.2) is 5.58 Å². The van der Waals surface area contributed by atoms with Gasteiger partial charge in [-0.1, -0.05) is 155 Å². The van der Waals surface area contributed by atoms with E-state index < -0.39 is 0 Å². The third-order valence-electron chi connectivity index (χ3n) is 16.1. The minimum Gasteiger partial charge on any atom is -0.454 e. The van der Waals surface area contributed by atoms with Gasteiger partial charge in [-0.15, -0.1) is 0 Å². The lowest BCUT2D eigenvalue weighted by Gasteiger charge is -2.42.